The van der Waals surface area contributed by atoms with Crippen LogP contribution in [0, 0.1) is 0 Å². The number of hydrogen-bond acceptors (Lipinski definition) is 4. The van der Waals surface area contributed by atoms with Crippen molar-refractivity contribution in [1.29, 1.82) is 0 Å². The van der Waals surface area contributed by atoms with Crippen LogP contribution in [0.2, 0.25) is 5.15 Å². The lowest BCUT2D eigenvalue weighted by Gasteiger charge is -2.11. The van der Waals surface area contributed by atoms with Crippen LogP contribution in [0.1, 0.15) is 0 Å². The van der Waals surface area contributed by atoms with Gasteiger partial charge in [-0.05, 0) is 50.1 Å². The van der Waals surface area contributed by atoms with E-state index in [2.05, 4.69) is 41.6 Å². The predicted octanol–water partition coefficient (Wildman–Crippen LogP) is 4.07. The first kappa shape index (κ1) is 16.5. The van der Waals surface area contributed by atoms with Gasteiger partial charge in [-0.1, -0.05) is 11.6 Å². The van der Waals surface area contributed by atoms with Crippen LogP contribution in [0.15, 0.2) is 44.3 Å². The fourth-order valence-corrected chi connectivity index (χ4v) is 3.93. The highest BCUT2D eigenvalue weighted by Gasteiger charge is 2.20. The summed E-state index contributed by atoms with van der Waals surface area (Å²) in [6, 6.07) is 6.22. The van der Waals surface area contributed by atoms with Gasteiger partial charge in [0, 0.05) is 16.7 Å². The molecule has 112 valence electrons. The van der Waals surface area contributed by atoms with Crippen LogP contribution in [-0.4, -0.2) is 20.5 Å². The van der Waals surface area contributed by atoms with Gasteiger partial charge in [0.15, 0.2) is 0 Å². The van der Waals surface area contributed by atoms with E-state index in [9.17, 15) is 8.42 Å². The van der Waals surface area contributed by atoms with Crippen LogP contribution >= 0.6 is 43.5 Å². The summed E-state index contributed by atoms with van der Waals surface area (Å²) in [6.07, 6.45) is 1.42. The van der Waals surface area contributed by atoms with Crippen LogP contribution < -0.4 is 9.46 Å². The predicted molar refractivity (Wildman–Crippen MR) is 88.4 cm³/mol. The third kappa shape index (κ3) is 3.88. The van der Waals surface area contributed by atoms with Gasteiger partial charge < -0.3 is 4.74 Å². The van der Waals surface area contributed by atoms with Crippen LogP contribution in [0.25, 0.3) is 0 Å². The molecule has 0 aliphatic carbocycles. The summed E-state index contributed by atoms with van der Waals surface area (Å²) < 4.78 is 33.5. The summed E-state index contributed by atoms with van der Waals surface area (Å²) in [5.74, 6) is 0.508. The molecule has 2 rings (SSSR count). The number of pyridine rings is 1. The SMILES string of the molecule is COc1cc(NS(=O)(=O)c2cc(Br)cnc2Cl)ccc1Br. The quantitative estimate of drug-likeness (QED) is 0.705. The Labute approximate surface area is 144 Å². The van der Waals surface area contributed by atoms with Crippen molar-refractivity contribution in [2.45, 2.75) is 4.90 Å². The minimum atomic E-state index is -3.85. The Morgan fingerprint density at radius 3 is 2.67 bits per heavy atom. The van der Waals surface area contributed by atoms with Gasteiger partial charge in [0.25, 0.3) is 10.0 Å². The molecule has 2 aromatic rings. The zero-order chi connectivity index (χ0) is 15.6. The number of benzene rings is 1. The lowest BCUT2D eigenvalue weighted by atomic mass is 10.3. The van der Waals surface area contributed by atoms with Crippen molar-refractivity contribution in [3.8, 4) is 5.75 Å². The van der Waals surface area contributed by atoms with Gasteiger partial charge in [0.1, 0.15) is 15.8 Å². The highest BCUT2D eigenvalue weighted by Crippen LogP contribution is 2.30. The second-order valence-electron chi connectivity index (χ2n) is 3.90. The number of rotatable bonds is 4. The number of sulfonamides is 1. The maximum absolute atomic E-state index is 12.4. The molecule has 0 atom stereocenters. The van der Waals surface area contributed by atoms with Gasteiger partial charge >= 0.3 is 0 Å². The van der Waals surface area contributed by atoms with Gasteiger partial charge in [0.2, 0.25) is 0 Å². The minimum Gasteiger partial charge on any atom is -0.495 e. The van der Waals surface area contributed by atoms with Crippen molar-refractivity contribution in [3.05, 3.63) is 44.6 Å². The molecule has 0 saturated heterocycles. The third-order valence-corrected chi connectivity index (χ3v) is 5.36. The van der Waals surface area contributed by atoms with E-state index in [1.165, 1.54) is 19.4 Å². The zero-order valence-electron chi connectivity index (χ0n) is 10.6. The van der Waals surface area contributed by atoms with E-state index in [-0.39, 0.29) is 10.0 Å². The molecule has 9 heteroatoms. The largest absolute Gasteiger partial charge is 0.495 e. The summed E-state index contributed by atoms with van der Waals surface area (Å²) in [5.41, 5.74) is 0.353. The van der Waals surface area contributed by atoms with Crippen LogP contribution in [0.3, 0.4) is 0 Å². The first-order chi connectivity index (χ1) is 9.83. The Morgan fingerprint density at radius 2 is 2.00 bits per heavy atom. The monoisotopic (exact) mass is 454 g/mol. The minimum absolute atomic E-state index is 0.102. The third-order valence-electron chi connectivity index (χ3n) is 2.47. The first-order valence-electron chi connectivity index (χ1n) is 5.51. The van der Waals surface area contributed by atoms with Gasteiger partial charge in [-0.3, -0.25) is 4.72 Å². The molecular formula is C12H9Br2ClN2O3S. The molecule has 0 aliphatic rings. The number of hydrogen-bond donors (Lipinski definition) is 1. The number of anilines is 1. The van der Waals surface area contributed by atoms with Crippen LogP contribution in [0.4, 0.5) is 5.69 Å². The van der Waals surface area contributed by atoms with Crippen molar-refractivity contribution in [2.24, 2.45) is 0 Å². The van der Waals surface area contributed by atoms with E-state index in [1.807, 2.05) is 0 Å². The lowest BCUT2D eigenvalue weighted by Crippen LogP contribution is -2.14. The normalized spacial score (nSPS) is 11.2. The molecule has 0 spiro atoms. The molecule has 1 aromatic carbocycles. The summed E-state index contributed by atoms with van der Waals surface area (Å²) in [4.78, 5) is 3.69. The number of nitrogens with zero attached hydrogens (tertiary/aromatic N) is 1. The smallest absolute Gasteiger partial charge is 0.265 e. The Kier molecular flexibility index (Phi) is 5.13. The molecule has 1 heterocycles. The second-order valence-corrected chi connectivity index (χ2v) is 7.68. The van der Waals surface area contributed by atoms with Crippen LogP contribution in [0.5, 0.6) is 5.75 Å². The molecule has 0 fully saturated rings. The van der Waals surface area contributed by atoms with Crippen molar-refractivity contribution in [1.82, 2.24) is 4.98 Å². The maximum Gasteiger partial charge on any atom is 0.265 e. The Hall–Kier alpha value is -0.830. The number of methoxy groups -OCH3 is 1. The maximum atomic E-state index is 12.4. The molecule has 1 aromatic heterocycles. The lowest BCUT2D eigenvalue weighted by molar-refractivity contribution is 0.412. The molecule has 0 amide bonds. The average Bonchev–Trinajstić information content (AvgIpc) is 2.43. The second kappa shape index (κ2) is 6.51. The fourth-order valence-electron chi connectivity index (χ4n) is 1.53. The molecule has 0 aliphatic heterocycles. The van der Waals surface area contributed by atoms with E-state index < -0.39 is 10.0 Å². The van der Waals surface area contributed by atoms with Gasteiger partial charge in [-0.15, -0.1) is 0 Å². The highest BCUT2D eigenvalue weighted by molar-refractivity contribution is 9.10. The molecule has 5 nitrogen and oxygen atoms in total. The molecule has 21 heavy (non-hydrogen) atoms. The molecular weight excluding hydrogens is 447 g/mol. The molecule has 0 unspecified atom stereocenters. The van der Waals surface area contributed by atoms with Gasteiger partial charge in [-0.2, -0.15) is 0 Å². The summed E-state index contributed by atoms with van der Waals surface area (Å²) in [7, 11) is -2.36. The van der Waals surface area contributed by atoms with E-state index in [0.29, 0.717) is 15.9 Å². The standard InChI is InChI=1S/C12H9Br2ClN2O3S/c1-20-10-5-8(2-3-9(10)14)17-21(18,19)11-4-7(13)6-16-12(11)15/h2-6,17H,1H3. The van der Waals surface area contributed by atoms with Crippen molar-refractivity contribution in [2.75, 3.05) is 11.8 Å². The van der Waals surface area contributed by atoms with E-state index in [0.717, 1.165) is 4.47 Å². The zero-order valence-corrected chi connectivity index (χ0v) is 15.3. The van der Waals surface area contributed by atoms with E-state index in [4.69, 9.17) is 16.3 Å². The van der Waals surface area contributed by atoms with E-state index in [1.54, 1.807) is 18.2 Å². The molecule has 1 N–H and O–H groups in total. The Bertz CT molecular complexity index is 784. The Balaban J connectivity index is 2.40. The Morgan fingerprint density at radius 1 is 1.29 bits per heavy atom. The van der Waals surface area contributed by atoms with Gasteiger partial charge in [-0.25, -0.2) is 13.4 Å². The number of ether oxygens (including phenoxy) is 1. The van der Waals surface area contributed by atoms with Crippen molar-refractivity contribution in [3.63, 3.8) is 0 Å². The van der Waals surface area contributed by atoms with Crippen molar-refractivity contribution >= 4 is 59.2 Å². The number of aromatic nitrogens is 1. The molecule has 0 saturated carbocycles. The summed E-state index contributed by atoms with van der Waals surface area (Å²) in [5, 5.41) is -0.102. The number of halogens is 3. The van der Waals surface area contributed by atoms with Gasteiger partial charge in [0.05, 0.1) is 17.3 Å². The molecule has 0 radical (unpaired) electrons. The first-order valence-corrected chi connectivity index (χ1v) is 8.95. The van der Waals surface area contributed by atoms with Crippen LogP contribution in [-0.2, 0) is 10.0 Å². The fraction of sp³-hybridized carbons (Fsp3) is 0.0833. The average molecular weight is 457 g/mol. The summed E-state index contributed by atoms with van der Waals surface area (Å²) >= 11 is 12.3. The summed E-state index contributed by atoms with van der Waals surface area (Å²) in [6.45, 7) is 0. The highest BCUT2D eigenvalue weighted by atomic mass is 79.9. The molecule has 0 bridgehead atoms. The van der Waals surface area contributed by atoms with E-state index >= 15 is 0 Å². The topological polar surface area (TPSA) is 68.3 Å². The van der Waals surface area contributed by atoms with Crippen molar-refractivity contribution < 1.29 is 13.2 Å². The number of nitrogens with one attached hydrogen (secondary N) is 1.